The van der Waals surface area contributed by atoms with Gasteiger partial charge in [0.05, 0.1) is 6.54 Å². The number of fused-ring (bicyclic) bond motifs is 1. The van der Waals surface area contributed by atoms with Gasteiger partial charge in [0.2, 0.25) is 5.91 Å². The quantitative estimate of drug-likeness (QED) is 0.732. The predicted molar refractivity (Wildman–Crippen MR) is 113 cm³/mol. The number of nitrogens with zero attached hydrogens (tertiary/aromatic N) is 3. The summed E-state index contributed by atoms with van der Waals surface area (Å²) in [5.41, 5.74) is -0.531. The molecule has 0 radical (unpaired) electrons. The molecule has 30 heavy (non-hydrogen) atoms. The van der Waals surface area contributed by atoms with Crippen molar-refractivity contribution in [3.05, 3.63) is 39.8 Å². The lowest BCUT2D eigenvalue weighted by molar-refractivity contribution is -0.133. The van der Waals surface area contributed by atoms with E-state index >= 15 is 0 Å². The normalized spacial score (nSPS) is 21.5. The first-order valence-corrected chi connectivity index (χ1v) is 11.2. The lowest BCUT2D eigenvalue weighted by Crippen LogP contribution is -2.63. The van der Waals surface area contributed by atoms with E-state index in [9.17, 15) is 14.4 Å². The fraction of sp³-hybridized carbons (Fsp3) is 0.524. The van der Waals surface area contributed by atoms with Crippen molar-refractivity contribution in [2.45, 2.75) is 57.2 Å². The van der Waals surface area contributed by atoms with Gasteiger partial charge >= 0.3 is 0 Å². The monoisotopic (exact) mass is 429 g/mol. The molecule has 4 rings (SSSR count). The lowest BCUT2D eigenvalue weighted by Gasteiger charge is -2.41. The number of nitrogens with one attached hydrogen (secondary N) is 2. The second-order valence-electron chi connectivity index (χ2n) is 8.25. The third kappa shape index (κ3) is 3.86. The summed E-state index contributed by atoms with van der Waals surface area (Å²) in [7, 11) is 1.63. The van der Waals surface area contributed by atoms with Crippen molar-refractivity contribution >= 4 is 29.1 Å². The predicted octanol–water partition coefficient (Wildman–Crippen LogP) is 1.82. The molecule has 1 aliphatic heterocycles. The molecule has 0 spiro atoms. The van der Waals surface area contributed by atoms with Gasteiger partial charge < -0.3 is 15.5 Å². The second-order valence-corrected chi connectivity index (χ2v) is 9.28. The number of hydrogen-bond acceptors (Lipinski definition) is 5. The number of amides is 3. The van der Waals surface area contributed by atoms with Crippen LogP contribution in [0.15, 0.2) is 23.6 Å². The molecule has 3 heterocycles. The molecule has 160 valence electrons. The highest BCUT2D eigenvalue weighted by molar-refractivity contribution is 7.09. The van der Waals surface area contributed by atoms with Crippen molar-refractivity contribution in [3.63, 3.8) is 0 Å². The van der Waals surface area contributed by atoms with E-state index in [1.165, 1.54) is 20.5 Å². The Morgan fingerprint density at radius 1 is 1.33 bits per heavy atom. The van der Waals surface area contributed by atoms with Gasteiger partial charge in [0, 0.05) is 30.6 Å². The van der Waals surface area contributed by atoms with Gasteiger partial charge in [0.25, 0.3) is 11.8 Å². The van der Waals surface area contributed by atoms with E-state index in [0.29, 0.717) is 12.2 Å². The van der Waals surface area contributed by atoms with Crippen LogP contribution in [0.25, 0.3) is 0 Å². The van der Waals surface area contributed by atoms with Crippen LogP contribution < -0.4 is 10.6 Å². The fourth-order valence-corrected chi connectivity index (χ4v) is 4.80. The number of likely N-dealkylation sites (N-methyl/N-ethyl adjacent to an activating group) is 1. The minimum Gasteiger partial charge on any atom is -0.351 e. The average molecular weight is 430 g/mol. The van der Waals surface area contributed by atoms with Crippen LogP contribution in [-0.2, 0) is 17.8 Å². The summed E-state index contributed by atoms with van der Waals surface area (Å²) in [6.07, 6.45) is 4.93. The van der Waals surface area contributed by atoms with Crippen LogP contribution in [0.2, 0.25) is 0 Å². The molecule has 2 aliphatic rings. The summed E-state index contributed by atoms with van der Waals surface area (Å²) in [6, 6.07) is 5.68. The summed E-state index contributed by atoms with van der Waals surface area (Å²) in [4.78, 5) is 41.1. The van der Waals surface area contributed by atoms with Crippen molar-refractivity contribution in [2.24, 2.45) is 0 Å². The minimum absolute atomic E-state index is 0.168. The van der Waals surface area contributed by atoms with Crippen LogP contribution in [0.4, 0.5) is 0 Å². The Hall–Kier alpha value is -2.68. The summed E-state index contributed by atoms with van der Waals surface area (Å²) in [5.74, 6) is -0.801. The number of carbonyl (C=O) groups is 3. The van der Waals surface area contributed by atoms with Crippen molar-refractivity contribution in [1.82, 2.24) is 25.3 Å². The molecular formula is C21H27N5O3S. The standard InChI is InChI=1S/C21H27N5O3S/c1-21(20(29)23-14-6-3-4-7-14)13-26-17(19(28)25(21)2)12-16(24-26)18(27)22-10-9-15-8-5-11-30-15/h5,8,11-12,14H,3-4,6-7,9-10,13H2,1-2H3,(H,22,27)(H,23,29)/t21-/m1/s1. The molecule has 2 aromatic rings. The van der Waals surface area contributed by atoms with Gasteiger partial charge in [-0.1, -0.05) is 18.9 Å². The third-order valence-corrected chi connectivity index (χ3v) is 7.09. The van der Waals surface area contributed by atoms with Crippen molar-refractivity contribution in [2.75, 3.05) is 13.6 Å². The molecule has 1 saturated carbocycles. The van der Waals surface area contributed by atoms with Gasteiger partial charge in [0.1, 0.15) is 11.2 Å². The fourth-order valence-electron chi connectivity index (χ4n) is 4.09. The maximum absolute atomic E-state index is 13.0. The SMILES string of the molecule is CN1C(=O)c2cc(C(=O)NCCc3cccs3)nn2C[C@]1(C)C(=O)NC1CCCC1. The average Bonchev–Trinajstić information content (AvgIpc) is 3.48. The highest BCUT2D eigenvalue weighted by atomic mass is 32.1. The summed E-state index contributed by atoms with van der Waals surface area (Å²) >= 11 is 1.65. The van der Waals surface area contributed by atoms with Gasteiger partial charge in [-0.3, -0.25) is 19.1 Å². The molecule has 1 fully saturated rings. The summed E-state index contributed by atoms with van der Waals surface area (Å²) in [6.45, 7) is 2.46. The zero-order valence-corrected chi connectivity index (χ0v) is 18.1. The first-order chi connectivity index (χ1) is 14.4. The van der Waals surface area contributed by atoms with Gasteiger partial charge in [-0.2, -0.15) is 5.10 Å². The van der Waals surface area contributed by atoms with E-state index in [1.54, 1.807) is 25.3 Å². The van der Waals surface area contributed by atoms with E-state index in [0.717, 1.165) is 32.1 Å². The second kappa shape index (κ2) is 8.22. The zero-order chi connectivity index (χ0) is 21.3. The Kier molecular flexibility index (Phi) is 5.64. The molecule has 9 heteroatoms. The van der Waals surface area contributed by atoms with E-state index in [2.05, 4.69) is 15.7 Å². The minimum atomic E-state index is -1.05. The third-order valence-electron chi connectivity index (χ3n) is 6.15. The highest BCUT2D eigenvalue weighted by Gasteiger charge is 2.46. The largest absolute Gasteiger partial charge is 0.351 e. The van der Waals surface area contributed by atoms with Crippen LogP contribution in [-0.4, -0.2) is 57.6 Å². The number of aromatic nitrogens is 2. The van der Waals surface area contributed by atoms with E-state index in [4.69, 9.17) is 0 Å². The number of carbonyl (C=O) groups excluding carboxylic acids is 3. The molecule has 1 atom stereocenters. The molecule has 2 aromatic heterocycles. The molecule has 0 unspecified atom stereocenters. The molecule has 3 amide bonds. The number of rotatable bonds is 6. The van der Waals surface area contributed by atoms with E-state index in [1.807, 2.05) is 17.5 Å². The maximum Gasteiger partial charge on any atom is 0.272 e. The van der Waals surface area contributed by atoms with Crippen molar-refractivity contribution in [1.29, 1.82) is 0 Å². The Labute approximate surface area is 179 Å². The summed E-state index contributed by atoms with van der Waals surface area (Å²) < 4.78 is 1.49. The first-order valence-electron chi connectivity index (χ1n) is 10.4. The molecule has 0 bridgehead atoms. The Balaban J connectivity index is 1.45. The molecule has 1 aliphatic carbocycles. The number of thiophene rings is 1. The van der Waals surface area contributed by atoms with Crippen molar-refractivity contribution in [3.8, 4) is 0 Å². The van der Waals surface area contributed by atoms with Crippen LogP contribution in [0.3, 0.4) is 0 Å². The topological polar surface area (TPSA) is 96.3 Å². The summed E-state index contributed by atoms with van der Waals surface area (Å²) in [5, 5.41) is 12.3. The lowest BCUT2D eigenvalue weighted by atomic mass is 9.95. The van der Waals surface area contributed by atoms with Gasteiger partial charge in [-0.15, -0.1) is 11.3 Å². The van der Waals surface area contributed by atoms with Gasteiger partial charge in [-0.25, -0.2) is 0 Å². The first kappa shape index (κ1) is 20.6. The Morgan fingerprint density at radius 3 is 2.80 bits per heavy atom. The molecular weight excluding hydrogens is 402 g/mol. The Bertz CT molecular complexity index is 948. The van der Waals surface area contributed by atoms with E-state index in [-0.39, 0.29) is 36.0 Å². The molecule has 8 nitrogen and oxygen atoms in total. The molecule has 0 saturated heterocycles. The molecule has 2 N–H and O–H groups in total. The van der Waals surface area contributed by atoms with E-state index < -0.39 is 5.54 Å². The van der Waals surface area contributed by atoms with Crippen LogP contribution >= 0.6 is 11.3 Å². The van der Waals surface area contributed by atoms with Crippen LogP contribution in [0.1, 0.15) is 58.5 Å². The zero-order valence-electron chi connectivity index (χ0n) is 17.3. The van der Waals surface area contributed by atoms with Gasteiger partial charge in [0.15, 0.2) is 5.69 Å². The van der Waals surface area contributed by atoms with Gasteiger partial charge in [-0.05, 0) is 37.6 Å². The highest BCUT2D eigenvalue weighted by Crippen LogP contribution is 2.27. The molecule has 0 aromatic carbocycles. The Morgan fingerprint density at radius 2 is 2.10 bits per heavy atom. The van der Waals surface area contributed by atoms with Crippen molar-refractivity contribution < 1.29 is 14.4 Å². The van der Waals surface area contributed by atoms with Crippen LogP contribution in [0, 0.1) is 0 Å². The number of hydrogen-bond donors (Lipinski definition) is 2. The van der Waals surface area contributed by atoms with Crippen LogP contribution in [0.5, 0.6) is 0 Å². The smallest absolute Gasteiger partial charge is 0.272 e. The maximum atomic E-state index is 13.0.